The number of aromatic amines is 1. The van der Waals surface area contributed by atoms with Crippen LogP contribution >= 0.6 is 0 Å². The van der Waals surface area contributed by atoms with Gasteiger partial charge in [-0.2, -0.15) is 0 Å². The zero-order chi connectivity index (χ0) is 23.5. The predicted octanol–water partition coefficient (Wildman–Crippen LogP) is 4.75. The van der Waals surface area contributed by atoms with Crippen LogP contribution < -0.4 is 16.4 Å². The summed E-state index contributed by atoms with van der Waals surface area (Å²) in [5, 5.41) is 6.15. The Morgan fingerprint density at radius 1 is 0.912 bits per heavy atom. The van der Waals surface area contributed by atoms with E-state index in [2.05, 4.69) is 15.6 Å². The minimum Gasteiger partial charge on any atom is -0.348 e. The molecule has 0 radical (unpaired) electrons. The minimum absolute atomic E-state index is 0.0221. The molecular weight excluding hydrogens is 426 g/mol. The highest BCUT2D eigenvalue weighted by molar-refractivity contribution is 5.98. The monoisotopic (exact) mass is 459 g/mol. The third-order valence-electron chi connectivity index (χ3n) is 7.28. The van der Waals surface area contributed by atoms with E-state index >= 15 is 0 Å². The molecule has 2 saturated carbocycles. The average molecular weight is 460 g/mol. The second-order valence-electron chi connectivity index (χ2n) is 9.75. The van der Waals surface area contributed by atoms with Crippen molar-refractivity contribution in [2.45, 2.75) is 69.9 Å². The molecule has 2 aliphatic carbocycles. The molecule has 7 heteroatoms. The lowest BCUT2D eigenvalue weighted by atomic mass is 9.88. The van der Waals surface area contributed by atoms with Crippen LogP contribution in [0.5, 0.6) is 0 Å². The summed E-state index contributed by atoms with van der Waals surface area (Å²) in [6.07, 6.45) is 9.59. The second kappa shape index (κ2) is 9.97. The van der Waals surface area contributed by atoms with Crippen LogP contribution in [0.25, 0.3) is 22.4 Å². The molecule has 2 aromatic carbocycles. The van der Waals surface area contributed by atoms with E-state index in [0.717, 1.165) is 79.5 Å². The van der Waals surface area contributed by atoms with Gasteiger partial charge < -0.3 is 21.4 Å². The molecule has 5 rings (SSSR count). The SMILES string of the molecule is NC1CCCCC1NC(=O)c1ccc2[nH]c(-c3ccc(NC(=O)C4CCCCC4)cc3)nc2c1. The number of carbonyl (C=O) groups is 2. The Morgan fingerprint density at radius 2 is 1.65 bits per heavy atom. The van der Waals surface area contributed by atoms with Gasteiger partial charge in [0.1, 0.15) is 5.82 Å². The zero-order valence-electron chi connectivity index (χ0n) is 19.5. The number of amides is 2. The van der Waals surface area contributed by atoms with E-state index in [4.69, 9.17) is 10.7 Å². The molecule has 2 aliphatic rings. The first kappa shape index (κ1) is 22.6. The van der Waals surface area contributed by atoms with Crippen LogP contribution in [-0.2, 0) is 4.79 Å². The third-order valence-corrected chi connectivity index (χ3v) is 7.28. The quantitative estimate of drug-likeness (QED) is 0.441. The molecule has 1 heterocycles. The zero-order valence-corrected chi connectivity index (χ0v) is 19.5. The maximum atomic E-state index is 12.8. The summed E-state index contributed by atoms with van der Waals surface area (Å²) in [6, 6.07) is 13.3. The van der Waals surface area contributed by atoms with Gasteiger partial charge in [-0.05, 0) is 68.1 Å². The molecule has 3 aromatic rings. The molecule has 5 N–H and O–H groups in total. The lowest BCUT2D eigenvalue weighted by Crippen LogP contribution is -2.49. The number of nitrogens with one attached hydrogen (secondary N) is 3. The molecular formula is C27H33N5O2. The van der Waals surface area contributed by atoms with Gasteiger partial charge in [-0.25, -0.2) is 4.98 Å². The van der Waals surface area contributed by atoms with Gasteiger partial charge in [0.05, 0.1) is 11.0 Å². The summed E-state index contributed by atoms with van der Waals surface area (Å²) in [5.41, 5.74) is 10.1. The second-order valence-corrected chi connectivity index (χ2v) is 9.75. The largest absolute Gasteiger partial charge is 0.348 e. The summed E-state index contributed by atoms with van der Waals surface area (Å²) in [6.45, 7) is 0. The predicted molar refractivity (Wildman–Crippen MR) is 134 cm³/mol. The highest BCUT2D eigenvalue weighted by atomic mass is 16.2. The Morgan fingerprint density at radius 3 is 2.41 bits per heavy atom. The van der Waals surface area contributed by atoms with Crippen molar-refractivity contribution >= 4 is 28.5 Å². The summed E-state index contributed by atoms with van der Waals surface area (Å²) in [4.78, 5) is 33.3. The van der Waals surface area contributed by atoms with Gasteiger partial charge in [0.2, 0.25) is 5.91 Å². The van der Waals surface area contributed by atoms with Crippen molar-refractivity contribution in [1.82, 2.24) is 15.3 Å². The molecule has 7 nitrogen and oxygen atoms in total. The van der Waals surface area contributed by atoms with Crippen LogP contribution in [0.1, 0.15) is 68.1 Å². The summed E-state index contributed by atoms with van der Waals surface area (Å²) in [7, 11) is 0. The number of rotatable bonds is 5. The van der Waals surface area contributed by atoms with Gasteiger partial charge >= 0.3 is 0 Å². The van der Waals surface area contributed by atoms with Crippen LogP contribution in [-0.4, -0.2) is 33.9 Å². The summed E-state index contributed by atoms with van der Waals surface area (Å²) < 4.78 is 0. The fraction of sp³-hybridized carbons (Fsp3) is 0.444. The Bertz CT molecular complexity index is 1160. The Labute approximate surface area is 199 Å². The molecule has 2 unspecified atom stereocenters. The van der Waals surface area contributed by atoms with Gasteiger partial charge in [-0.15, -0.1) is 0 Å². The standard InChI is InChI=1S/C27H33N5O2/c28-21-8-4-5-9-22(21)32-27(34)19-12-15-23-24(16-19)31-25(30-23)17-10-13-20(14-11-17)29-26(33)18-6-2-1-3-7-18/h10-16,18,21-22H,1-9,28H2,(H,29,33)(H,30,31)(H,32,34). The molecule has 0 saturated heterocycles. The lowest BCUT2D eigenvalue weighted by molar-refractivity contribution is -0.120. The van der Waals surface area contributed by atoms with E-state index < -0.39 is 0 Å². The van der Waals surface area contributed by atoms with Gasteiger partial charge in [0.25, 0.3) is 5.91 Å². The van der Waals surface area contributed by atoms with E-state index in [1.165, 1.54) is 6.42 Å². The number of carbonyl (C=O) groups excluding carboxylic acids is 2. The van der Waals surface area contributed by atoms with Crippen LogP contribution in [0, 0.1) is 5.92 Å². The first-order chi connectivity index (χ1) is 16.6. The minimum atomic E-state index is -0.105. The number of aromatic nitrogens is 2. The fourth-order valence-electron chi connectivity index (χ4n) is 5.19. The van der Waals surface area contributed by atoms with Crippen molar-refractivity contribution in [3.63, 3.8) is 0 Å². The molecule has 178 valence electrons. The number of fused-ring (bicyclic) bond motifs is 1. The number of hydrogen-bond donors (Lipinski definition) is 4. The molecule has 1 aromatic heterocycles. The van der Waals surface area contributed by atoms with E-state index in [9.17, 15) is 9.59 Å². The number of nitrogens with zero attached hydrogens (tertiary/aromatic N) is 1. The van der Waals surface area contributed by atoms with Crippen molar-refractivity contribution in [3.8, 4) is 11.4 Å². The van der Waals surface area contributed by atoms with Crippen molar-refractivity contribution < 1.29 is 9.59 Å². The number of imidazole rings is 1. The lowest BCUT2D eigenvalue weighted by Gasteiger charge is -2.29. The first-order valence-electron chi connectivity index (χ1n) is 12.5. The Hall–Kier alpha value is -3.19. The number of H-pyrrole nitrogens is 1. The van der Waals surface area contributed by atoms with Crippen molar-refractivity contribution in [2.75, 3.05) is 5.32 Å². The highest BCUT2D eigenvalue weighted by Crippen LogP contribution is 2.26. The summed E-state index contributed by atoms with van der Waals surface area (Å²) >= 11 is 0. The number of anilines is 1. The molecule has 2 atom stereocenters. The third kappa shape index (κ3) is 4.99. The smallest absolute Gasteiger partial charge is 0.251 e. The number of hydrogen-bond acceptors (Lipinski definition) is 4. The average Bonchev–Trinajstić information content (AvgIpc) is 3.30. The van der Waals surface area contributed by atoms with Crippen LogP contribution in [0.2, 0.25) is 0 Å². The Balaban J connectivity index is 1.26. The van der Waals surface area contributed by atoms with Gasteiger partial charge in [0, 0.05) is 34.8 Å². The van der Waals surface area contributed by atoms with Crippen molar-refractivity contribution in [1.29, 1.82) is 0 Å². The Kier molecular flexibility index (Phi) is 6.63. The van der Waals surface area contributed by atoms with Crippen LogP contribution in [0.3, 0.4) is 0 Å². The van der Waals surface area contributed by atoms with Gasteiger partial charge in [0.15, 0.2) is 0 Å². The normalized spacial score (nSPS) is 21.3. The number of nitrogens with two attached hydrogens (primary N) is 1. The van der Waals surface area contributed by atoms with Crippen LogP contribution in [0.4, 0.5) is 5.69 Å². The van der Waals surface area contributed by atoms with Gasteiger partial charge in [-0.1, -0.05) is 32.1 Å². The fourth-order valence-corrected chi connectivity index (χ4v) is 5.19. The van der Waals surface area contributed by atoms with E-state index in [1.807, 2.05) is 42.5 Å². The molecule has 2 amide bonds. The summed E-state index contributed by atoms with van der Waals surface area (Å²) in [5.74, 6) is 0.874. The van der Waals surface area contributed by atoms with E-state index in [-0.39, 0.29) is 29.8 Å². The van der Waals surface area contributed by atoms with Crippen molar-refractivity contribution in [2.24, 2.45) is 11.7 Å². The highest BCUT2D eigenvalue weighted by Gasteiger charge is 2.24. The maximum absolute atomic E-state index is 12.8. The molecule has 0 bridgehead atoms. The number of benzene rings is 2. The van der Waals surface area contributed by atoms with Crippen molar-refractivity contribution in [3.05, 3.63) is 48.0 Å². The topological polar surface area (TPSA) is 113 Å². The maximum Gasteiger partial charge on any atom is 0.251 e. The van der Waals surface area contributed by atoms with E-state index in [0.29, 0.717) is 5.56 Å². The molecule has 0 aliphatic heterocycles. The van der Waals surface area contributed by atoms with Gasteiger partial charge in [-0.3, -0.25) is 9.59 Å². The molecule has 0 spiro atoms. The van der Waals surface area contributed by atoms with Crippen LogP contribution in [0.15, 0.2) is 42.5 Å². The molecule has 34 heavy (non-hydrogen) atoms. The molecule has 2 fully saturated rings. The van der Waals surface area contributed by atoms with E-state index in [1.54, 1.807) is 0 Å². The first-order valence-corrected chi connectivity index (χ1v) is 12.5.